The first-order valence-corrected chi connectivity index (χ1v) is 10.2. The van der Waals surface area contributed by atoms with Gasteiger partial charge in [-0.05, 0) is 51.9 Å². The molecule has 0 atom stereocenters. The Bertz CT molecular complexity index is 430. The quantitative estimate of drug-likeness (QED) is 0.855. The highest BCUT2D eigenvalue weighted by atomic mass is 32.2. The molecule has 0 spiro atoms. The molecule has 0 radical (unpaired) electrons. The normalized spacial score (nSPS) is 28.4. The minimum atomic E-state index is -0.596. The van der Waals surface area contributed by atoms with E-state index in [2.05, 4.69) is 12.2 Å². The van der Waals surface area contributed by atoms with Gasteiger partial charge in [-0.1, -0.05) is 6.92 Å². The van der Waals surface area contributed by atoms with Crippen molar-refractivity contribution in [3.8, 4) is 0 Å². The minimum Gasteiger partial charge on any atom is -0.444 e. The molecule has 2 aliphatic rings. The van der Waals surface area contributed by atoms with Crippen LogP contribution in [0.4, 0.5) is 4.79 Å². The van der Waals surface area contributed by atoms with Crippen LogP contribution < -0.4 is 5.32 Å². The Labute approximate surface area is 143 Å². The first kappa shape index (κ1) is 18.7. The van der Waals surface area contributed by atoms with Gasteiger partial charge in [0, 0.05) is 48.0 Å². The number of hydrogen-bond acceptors (Lipinski definition) is 4. The maximum absolute atomic E-state index is 12.1. The number of amides is 1. The van der Waals surface area contributed by atoms with Crippen LogP contribution >= 0.6 is 0 Å². The second kappa shape index (κ2) is 7.51. The summed E-state index contributed by atoms with van der Waals surface area (Å²) in [6, 6.07) is 0.508. The molecule has 0 aromatic carbocycles. The summed E-state index contributed by atoms with van der Waals surface area (Å²) in [5.74, 6) is 1.67. The average Bonchev–Trinajstić information content (AvgIpc) is 2.46. The zero-order chi connectivity index (χ0) is 17.1. The molecular weight excluding hydrogens is 312 g/mol. The second-order valence-corrected chi connectivity index (χ2v) is 9.98. The van der Waals surface area contributed by atoms with E-state index in [1.165, 1.54) is 0 Å². The maximum Gasteiger partial charge on any atom is 0.410 e. The van der Waals surface area contributed by atoms with Crippen LogP contribution in [0.15, 0.2) is 0 Å². The lowest BCUT2D eigenvalue weighted by atomic mass is 9.80. The number of rotatable bonds is 3. The Kier molecular flexibility index (Phi) is 6.11. The molecule has 2 fully saturated rings. The van der Waals surface area contributed by atoms with E-state index in [0.717, 1.165) is 56.8 Å². The van der Waals surface area contributed by atoms with Crippen molar-refractivity contribution in [3.05, 3.63) is 0 Å². The van der Waals surface area contributed by atoms with Gasteiger partial charge in [0.25, 0.3) is 0 Å². The van der Waals surface area contributed by atoms with E-state index in [0.29, 0.717) is 6.04 Å². The van der Waals surface area contributed by atoms with Gasteiger partial charge in [-0.2, -0.15) is 0 Å². The molecule has 1 amide bonds. The largest absolute Gasteiger partial charge is 0.444 e. The van der Waals surface area contributed by atoms with Crippen LogP contribution in [0.1, 0.15) is 53.4 Å². The van der Waals surface area contributed by atoms with E-state index in [9.17, 15) is 9.00 Å². The summed E-state index contributed by atoms with van der Waals surface area (Å²) in [5, 5.41) is 3.67. The standard InChI is InChI=1S/C17H32N2O3S/c1-16(2,3)22-15(20)19-9-7-17(4,8-10-19)13-18-14-5-11-23(21)12-6-14/h14,18H,5-13H2,1-4H3. The number of hydrogen-bond donors (Lipinski definition) is 1. The molecule has 134 valence electrons. The fourth-order valence-corrected chi connectivity index (χ4v) is 4.42. The molecule has 0 aromatic rings. The van der Waals surface area contributed by atoms with Crippen molar-refractivity contribution in [2.75, 3.05) is 31.1 Å². The van der Waals surface area contributed by atoms with Crippen LogP contribution in [-0.4, -0.2) is 58.0 Å². The molecule has 2 heterocycles. The van der Waals surface area contributed by atoms with Gasteiger partial charge < -0.3 is 15.0 Å². The Balaban J connectivity index is 1.74. The SMILES string of the molecule is CC1(CNC2CCS(=O)CC2)CCN(C(=O)OC(C)(C)C)CC1. The predicted molar refractivity (Wildman–Crippen MR) is 94.0 cm³/mol. The van der Waals surface area contributed by atoms with Crippen LogP contribution in [0.5, 0.6) is 0 Å². The highest BCUT2D eigenvalue weighted by Crippen LogP contribution is 2.31. The Morgan fingerprint density at radius 3 is 2.35 bits per heavy atom. The topological polar surface area (TPSA) is 58.6 Å². The average molecular weight is 345 g/mol. The molecule has 0 aliphatic carbocycles. The maximum atomic E-state index is 12.1. The van der Waals surface area contributed by atoms with Crippen molar-refractivity contribution in [2.45, 2.75) is 65.0 Å². The number of carbonyl (C=O) groups is 1. The van der Waals surface area contributed by atoms with Gasteiger partial charge in [0.15, 0.2) is 0 Å². The van der Waals surface area contributed by atoms with E-state index < -0.39 is 16.4 Å². The number of likely N-dealkylation sites (tertiary alicyclic amines) is 1. The number of carbonyl (C=O) groups excluding carboxylic acids is 1. The molecule has 2 rings (SSSR count). The summed E-state index contributed by atoms with van der Waals surface area (Å²) in [6.45, 7) is 10.5. The molecule has 23 heavy (non-hydrogen) atoms. The van der Waals surface area contributed by atoms with Gasteiger partial charge in [-0.15, -0.1) is 0 Å². The van der Waals surface area contributed by atoms with E-state index >= 15 is 0 Å². The van der Waals surface area contributed by atoms with Gasteiger partial charge in [-0.25, -0.2) is 4.79 Å². The smallest absolute Gasteiger partial charge is 0.410 e. The third-order valence-corrected chi connectivity index (χ3v) is 6.21. The molecule has 1 N–H and O–H groups in total. The molecule has 5 nitrogen and oxygen atoms in total. The van der Waals surface area contributed by atoms with E-state index in [1.54, 1.807) is 0 Å². The Morgan fingerprint density at radius 2 is 1.83 bits per heavy atom. The van der Waals surface area contributed by atoms with Crippen molar-refractivity contribution in [1.82, 2.24) is 10.2 Å². The number of nitrogens with one attached hydrogen (secondary N) is 1. The van der Waals surface area contributed by atoms with Crippen LogP contribution in [0.25, 0.3) is 0 Å². The van der Waals surface area contributed by atoms with Crippen molar-refractivity contribution >= 4 is 16.9 Å². The fraction of sp³-hybridized carbons (Fsp3) is 0.941. The molecule has 2 saturated heterocycles. The molecule has 0 saturated carbocycles. The van der Waals surface area contributed by atoms with Crippen LogP contribution in [0.2, 0.25) is 0 Å². The van der Waals surface area contributed by atoms with Crippen molar-refractivity contribution in [2.24, 2.45) is 5.41 Å². The van der Waals surface area contributed by atoms with Crippen LogP contribution in [0.3, 0.4) is 0 Å². The summed E-state index contributed by atoms with van der Waals surface area (Å²) in [7, 11) is -0.596. The molecule has 0 aromatic heterocycles. The molecule has 2 aliphatic heterocycles. The summed E-state index contributed by atoms with van der Waals surface area (Å²) >= 11 is 0. The Hall–Kier alpha value is -0.620. The molecular formula is C17H32N2O3S. The van der Waals surface area contributed by atoms with Gasteiger partial charge >= 0.3 is 6.09 Å². The first-order chi connectivity index (χ1) is 10.7. The third kappa shape index (κ3) is 6.07. The van der Waals surface area contributed by atoms with Crippen molar-refractivity contribution in [3.63, 3.8) is 0 Å². The predicted octanol–water partition coefficient (Wildman–Crippen LogP) is 2.52. The highest BCUT2D eigenvalue weighted by molar-refractivity contribution is 7.85. The highest BCUT2D eigenvalue weighted by Gasteiger charge is 2.34. The lowest BCUT2D eigenvalue weighted by Crippen LogP contribution is -2.49. The van der Waals surface area contributed by atoms with E-state index in [1.807, 2.05) is 25.7 Å². The summed E-state index contributed by atoms with van der Waals surface area (Å²) in [4.78, 5) is 14.0. The monoisotopic (exact) mass is 344 g/mol. The summed E-state index contributed by atoms with van der Waals surface area (Å²) < 4.78 is 16.9. The summed E-state index contributed by atoms with van der Waals surface area (Å²) in [5.41, 5.74) is -0.199. The van der Waals surface area contributed by atoms with Gasteiger partial charge in [-0.3, -0.25) is 4.21 Å². The lowest BCUT2D eigenvalue weighted by Gasteiger charge is -2.40. The number of ether oxygens (including phenoxy) is 1. The molecule has 0 bridgehead atoms. The fourth-order valence-electron chi connectivity index (χ4n) is 3.12. The van der Waals surface area contributed by atoms with Gasteiger partial charge in [0.2, 0.25) is 0 Å². The van der Waals surface area contributed by atoms with Gasteiger partial charge in [0.05, 0.1) is 0 Å². The molecule has 0 unspecified atom stereocenters. The van der Waals surface area contributed by atoms with Gasteiger partial charge in [0.1, 0.15) is 5.60 Å². The Morgan fingerprint density at radius 1 is 1.26 bits per heavy atom. The van der Waals surface area contributed by atoms with Crippen LogP contribution in [-0.2, 0) is 15.5 Å². The molecule has 6 heteroatoms. The minimum absolute atomic E-state index is 0.192. The third-order valence-electron chi connectivity index (χ3n) is 4.83. The lowest BCUT2D eigenvalue weighted by molar-refractivity contribution is 0.0117. The second-order valence-electron chi connectivity index (χ2n) is 8.28. The van der Waals surface area contributed by atoms with E-state index in [4.69, 9.17) is 4.74 Å². The zero-order valence-electron chi connectivity index (χ0n) is 15.0. The zero-order valence-corrected chi connectivity index (χ0v) is 15.8. The van der Waals surface area contributed by atoms with Crippen molar-refractivity contribution < 1.29 is 13.7 Å². The summed E-state index contributed by atoms with van der Waals surface area (Å²) in [6.07, 6.45) is 3.84. The van der Waals surface area contributed by atoms with E-state index in [-0.39, 0.29) is 11.5 Å². The number of piperidine rings is 1. The van der Waals surface area contributed by atoms with Crippen LogP contribution in [0, 0.1) is 5.41 Å². The first-order valence-electron chi connectivity index (χ1n) is 8.73. The van der Waals surface area contributed by atoms with Crippen molar-refractivity contribution in [1.29, 1.82) is 0 Å². The number of nitrogens with zero attached hydrogens (tertiary/aromatic N) is 1.